The van der Waals surface area contributed by atoms with Crippen molar-refractivity contribution >= 4 is 34.1 Å². The molecule has 1 aromatic carbocycles. The standard InChI is InChI=1S/C26H24F3N5O2/c27-26(28,29)20-6-8-23(30-15-20)34-14-13-32(17-25(34)36)16-24(35)33-11-9-19(10-12-33)22-7-5-18-3-1-2-4-21(18)31-22/h1-9,15H,10-14,16-17H2. The monoisotopic (exact) mass is 495 g/mol. The highest BCUT2D eigenvalue weighted by Crippen LogP contribution is 2.29. The van der Waals surface area contributed by atoms with E-state index in [2.05, 4.69) is 4.98 Å². The van der Waals surface area contributed by atoms with Crippen LogP contribution in [0, 0.1) is 0 Å². The van der Waals surface area contributed by atoms with Gasteiger partial charge in [0.2, 0.25) is 11.8 Å². The Hall–Kier alpha value is -3.79. The highest BCUT2D eigenvalue weighted by Gasteiger charge is 2.32. The number of carbonyl (C=O) groups is 2. The highest BCUT2D eigenvalue weighted by molar-refractivity contribution is 5.95. The zero-order valence-electron chi connectivity index (χ0n) is 19.4. The van der Waals surface area contributed by atoms with Crippen LogP contribution in [0.4, 0.5) is 19.0 Å². The van der Waals surface area contributed by atoms with E-state index >= 15 is 0 Å². The van der Waals surface area contributed by atoms with E-state index in [4.69, 9.17) is 4.98 Å². The second-order valence-corrected chi connectivity index (χ2v) is 8.87. The molecule has 3 aromatic rings. The van der Waals surface area contributed by atoms with Gasteiger partial charge in [0.1, 0.15) is 5.82 Å². The quantitative estimate of drug-likeness (QED) is 0.553. The third-order valence-corrected chi connectivity index (χ3v) is 6.50. The number of alkyl halides is 3. The fraction of sp³-hybridized carbons (Fsp3) is 0.308. The number of amides is 2. The number of carbonyl (C=O) groups excluding carboxylic acids is 2. The molecule has 2 amide bonds. The molecular formula is C26H24F3N5O2. The van der Waals surface area contributed by atoms with Crippen molar-refractivity contribution in [3.05, 3.63) is 72.1 Å². The largest absolute Gasteiger partial charge is 0.417 e. The number of anilines is 1. The molecule has 0 aliphatic carbocycles. The number of para-hydroxylation sites is 1. The zero-order valence-corrected chi connectivity index (χ0v) is 19.4. The summed E-state index contributed by atoms with van der Waals surface area (Å²) in [6.45, 7) is 1.84. The minimum Gasteiger partial charge on any atom is -0.338 e. The Kier molecular flexibility index (Phi) is 6.44. The molecule has 0 unspecified atom stereocenters. The number of pyridine rings is 2. The molecule has 36 heavy (non-hydrogen) atoms. The van der Waals surface area contributed by atoms with Gasteiger partial charge in [-0.05, 0) is 36.3 Å². The summed E-state index contributed by atoms with van der Waals surface area (Å²) in [5.41, 5.74) is 2.10. The number of aromatic nitrogens is 2. The summed E-state index contributed by atoms with van der Waals surface area (Å²) >= 11 is 0. The van der Waals surface area contributed by atoms with Gasteiger partial charge in [-0.3, -0.25) is 19.4 Å². The maximum Gasteiger partial charge on any atom is 0.417 e. The van der Waals surface area contributed by atoms with E-state index in [9.17, 15) is 22.8 Å². The van der Waals surface area contributed by atoms with Gasteiger partial charge in [-0.2, -0.15) is 13.2 Å². The number of hydrogen-bond acceptors (Lipinski definition) is 5. The van der Waals surface area contributed by atoms with E-state index < -0.39 is 11.7 Å². The van der Waals surface area contributed by atoms with Crippen molar-refractivity contribution in [1.29, 1.82) is 0 Å². The molecular weight excluding hydrogens is 471 g/mol. The molecule has 2 aliphatic rings. The number of fused-ring (bicyclic) bond motifs is 1. The first-order valence-electron chi connectivity index (χ1n) is 11.7. The maximum atomic E-state index is 12.9. The first kappa shape index (κ1) is 23.9. The van der Waals surface area contributed by atoms with Gasteiger partial charge < -0.3 is 4.90 Å². The molecule has 4 heterocycles. The van der Waals surface area contributed by atoms with E-state index in [0.717, 1.165) is 34.4 Å². The van der Waals surface area contributed by atoms with Gasteiger partial charge >= 0.3 is 6.18 Å². The minimum atomic E-state index is -4.48. The Morgan fingerprint density at radius 2 is 1.83 bits per heavy atom. The second kappa shape index (κ2) is 9.69. The predicted molar refractivity (Wildman–Crippen MR) is 129 cm³/mol. The van der Waals surface area contributed by atoms with Crippen LogP contribution in [0.25, 0.3) is 16.5 Å². The predicted octanol–water partition coefficient (Wildman–Crippen LogP) is 3.61. The molecule has 0 bridgehead atoms. The van der Waals surface area contributed by atoms with Gasteiger partial charge in [0, 0.05) is 37.8 Å². The molecule has 2 aliphatic heterocycles. The minimum absolute atomic E-state index is 0.00435. The third-order valence-electron chi connectivity index (χ3n) is 6.50. The Morgan fingerprint density at radius 3 is 2.53 bits per heavy atom. The summed E-state index contributed by atoms with van der Waals surface area (Å²) in [5.74, 6) is -0.190. The number of hydrogen-bond donors (Lipinski definition) is 0. The van der Waals surface area contributed by atoms with E-state index in [-0.39, 0.29) is 37.3 Å². The van der Waals surface area contributed by atoms with Crippen molar-refractivity contribution in [1.82, 2.24) is 19.8 Å². The summed E-state index contributed by atoms with van der Waals surface area (Å²) in [6, 6.07) is 14.1. The van der Waals surface area contributed by atoms with Crippen molar-refractivity contribution in [2.24, 2.45) is 0 Å². The average Bonchev–Trinajstić information content (AvgIpc) is 2.88. The van der Waals surface area contributed by atoms with Gasteiger partial charge in [0.25, 0.3) is 0 Å². The molecule has 0 N–H and O–H groups in total. The van der Waals surface area contributed by atoms with Gasteiger partial charge in [-0.1, -0.05) is 30.3 Å². The number of piperazine rings is 1. The summed E-state index contributed by atoms with van der Waals surface area (Å²) < 4.78 is 38.3. The lowest BCUT2D eigenvalue weighted by Crippen LogP contribution is -2.53. The normalized spacial score (nSPS) is 17.4. The van der Waals surface area contributed by atoms with E-state index in [0.29, 0.717) is 26.1 Å². The van der Waals surface area contributed by atoms with Crippen LogP contribution in [-0.2, 0) is 15.8 Å². The summed E-state index contributed by atoms with van der Waals surface area (Å²) in [4.78, 5) is 38.9. The number of nitrogens with zero attached hydrogens (tertiary/aromatic N) is 5. The molecule has 5 rings (SSSR count). The number of halogens is 3. The van der Waals surface area contributed by atoms with Gasteiger partial charge in [0.05, 0.1) is 29.9 Å². The highest BCUT2D eigenvalue weighted by atomic mass is 19.4. The van der Waals surface area contributed by atoms with Gasteiger partial charge in [0.15, 0.2) is 0 Å². The summed E-state index contributed by atoms with van der Waals surface area (Å²) in [6.07, 6.45) is -1.03. The fourth-order valence-electron chi connectivity index (χ4n) is 4.48. The molecule has 0 atom stereocenters. The van der Waals surface area contributed by atoms with Gasteiger partial charge in [-0.25, -0.2) is 9.97 Å². The summed E-state index contributed by atoms with van der Waals surface area (Å²) in [7, 11) is 0. The van der Waals surface area contributed by atoms with Crippen LogP contribution in [0.15, 0.2) is 60.8 Å². The molecule has 1 fully saturated rings. The van der Waals surface area contributed by atoms with Crippen molar-refractivity contribution in [2.75, 3.05) is 44.2 Å². The van der Waals surface area contributed by atoms with Crippen LogP contribution in [0.3, 0.4) is 0 Å². The number of benzene rings is 1. The lowest BCUT2D eigenvalue weighted by molar-refractivity contribution is -0.138. The van der Waals surface area contributed by atoms with Gasteiger partial charge in [-0.15, -0.1) is 0 Å². The van der Waals surface area contributed by atoms with E-state index in [1.807, 2.05) is 42.5 Å². The zero-order chi connectivity index (χ0) is 25.3. The fourth-order valence-corrected chi connectivity index (χ4v) is 4.48. The van der Waals surface area contributed by atoms with Crippen molar-refractivity contribution in [3.63, 3.8) is 0 Å². The molecule has 7 nitrogen and oxygen atoms in total. The lowest BCUT2D eigenvalue weighted by Gasteiger charge is -2.35. The maximum absolute atomic E-state index is 12.9. The van der Waals surface area contributed by atoms with Crippen LogP contribution >= 0.6 is 0 Å². The number of rotatable bonds is 4. The molecule has 186 valence electrons. The van der Waals surface area contributed by atoms with Crippen LogP contribution < -0.4 is 4.90 Å². The topological polar surface area (TPSA) is 69.6 Å². The summed E-state index contributed by atoms with van der Waals surface area (Å²) in [5, 5.41) is 1.08. The average molecular weight is 496 g/mol. The Bertz CT molecular complexity index is 1320. The first-order valence-corrected chi connectivity index (χ1v) is 11.7. The molecule has 1 saturated heterocycles. The SMILES string of the molecule is O=C(CN1CCN(c2ccc(C(F)(F)F)cn2)C(=O)C1)N1CC=C(c2ccc3ccccc3n2)CC1. The van der Waals surface area contributed by atoms with Crippen LogP contribution in [0.1, 0.15) is 17.7 Å². The molecule has 0 radical (unpaired) electrons. The van der Waals surface area contributed by atoms with Crippen molar-refractivity contribution in [3.8, 4) is 0 Å². The Balaban J connectivity index is 1.15. The van der Waals surface area contributed by atoms with Crippen LogP contribution in [0.5, 0.6) is 0 Å². The van der Waals surface area contributed by atoms with Crippen molar-refractivity contribution < 1.29 is 22.8 Å². The Morgan fingerprint density at radius 1 is 1.00 bits per heavy atom. The van der Waals surface area contributed by atoms with Crippen LogP contribution in [0.2, 0.25) is 0 Å². The smallest absolute Gasteiger partial charge is 0.338 e. The van der Waals surface area contributed by atoms with Crippen LogP contribution in [-0.4, -0.2) is 70.9 Å². The van der Waals surface area contributed by atoms with E-state index in [1.165, 1.54) is 11.0 Å². The lowest BCUT2D eigenvalue weighted by atomic mass is 10.0. The molecule has 0 spiro atoms. The Labute approximate surface area is 205 Å². The molecule has 0 saturated carbocycles. The molecule has 2 aromatic heterocycles. The third kappa shape index (κ3) is 5.08. The van der Waals surface area contributed by atoms with Crippen molar-refractivity contribution in [2.45, 2.75) is 12.6 Å². The first-order chi connectivity index (χ1) is 17.3. The van der Waals surface area contributed by atoms with E-state index in [1.54, 1.807) is 9.80 Å². The second-order valence-electron chi connectivity index (χ2n) is 8.87. The molecule has 10 heteroatoms.